The molecule has 2 aliphatic rings. The summed E-state index contributed by atoms with van der Waals surface area (Å²) in [5.74, 6) is -4.65. The Morgan fingerprint density at radius 3 is 2.34 bits per heavy atom. The van der Waals surface area contributed by atoms with Crippen molar-refractivity contribution in [2.45, 2.75) is 32.5 Å². The van der Waals surface area contributed by atoms with Crippen molar-refractivity contribution in [2.24, 2.45) is 17.8 Å². The number of ether oxygens (including phenoxy) is 1. The van der Waals surface area contributed by atoms with Crippen molar-refractivity contribution < 1.29 is 29.0 Å². The van der Waals surface area contributed by atoms with Gasteiger partial charge in [-0.3, -0.25) is 30.0 Å². The number of carbonyl (C=O) groups is 4. The molecule has 154 valence electrons. The zero-order chi connectivity index (χ0) is 21.3. The smallest absolute Gasteiger partial charge is 0.310 e. The number of carboxylic acid groups (broad SMARTS) is 1. The van der Waals surface area contributed by atoms with E-state index < -0.39 is 41.3 Å². The van der Waals surface area contributed by atoms with E-state index in [0.29, 0.717) is 5.69 Å². The van der Waals surface area contributed by atoms with E-state index in [1.165, 1.54) is 12.1 Å². The lowest BCUT2D eigenvalue weighted by Gasteiger charge is -2.27. The van der Waals surface area contributed by atoms with Crippen LogP contribution in [0.1, 0.15) is 31.1 Å². The summed E-state index contributed by atoms with van der Waals surface area (Å²) in [4.78, 5) is 48.1. The number of carbonyl (C=O) groups excluding carboxylic acids is 3. The van der Waals surface area contributed by atoms with Crippen molar-refractivity contribution in [3.05, 3.63) is 42.0 Å². The summed E-state index contributed by atoms with van der Waals surface area (Å²) in [6, 6.07) is 6.16. The fraction of sp³-hybridized carbons (Fsp3) is 0.400. The van der Waals surface area contributed by atoms with E-state index >= 15 is 0 Å². The molecule has 1 fully saturated rings. The van der Waals surface area contributed by atoms with Crippen molar-refractivity contribution in [3.63, 3.8) is 0 Å². The average molecular weight is 401 g/mol. The van der Waals surface area contributed by atoms with Gasteiger partial charge in [0.2, 0.25) is 11.8 Å². The molecule has 1 saturated heterocycles. The number of amides is 3. The quantitative estimate of drug-likeness (QED) is 0.431. The van der Waals surface area contributed by atoms with E-state index in [-0.39, 0.29) is 17.4 Å². The molecule has 2 bridgehead atoms. The van der Waals surface area contributed by atoms with Crippen molar-refractivity contribution in [1.29, 1.82) is 0 Å². The molecule has 3 rings (SSSR count). The minimum absolute atomic E-state index is 0.141. The Bertz CT molecular complexity index is 879. The van der Waals surface area contributed by atoms with Crippen molar-refractivity contribution >= 4 is 29.4 Å². The SMILES string of the molecule is CC(C)C(=O)Nc1ccc(C(=O)NNC(=O)[C@H]2[C@H](C(=O)O)[C@H]3C=C[C@@]2(C)O3)cc1. The minimum atomic E-state index is -1.13. The van der Waals surface area contributed by atoms with Crippen LogP contribution in [0.15, 0.2) is 36.4 Å². The first-order valence-electron chi connectivity index (χ1n) is 9.23. The molecule has 1 aromatic carbocycles. The van der Waals surface area contributed by atoms with Crippen LogP contribution in [0.4, 0.5) is 5.69 Å². The summed E-state index contributed by atoms with van der Waals surface area (Å²) in [6.45, 7) is 5.18. The van der Waals surface area contributed by atoms with E-state index in [2.05, 4.69) is 16.2 Å². The Hall–Kier alpha value is -3.20. The molecular weight excluding hydrogens is 378 g/mol. The van der Waals surface area contributed by atoms with Crippen LogP contribution in [0.5, 0.6) is 0 Å². The predicted octanol–water partition coefficient (Wildman–Crippen LogP) is 1.09. The van der Waals surface area contributed by atoms with Gasteiger partial charge in [-0.05, 0) is 31.2 Å². The number of benzene rings is 1. The molecule has 0 unspecified atom stereocenters. The van der Waals surface area contributed by atoms with Gasteiger partial charge in [-0.15, -0.1) is 0 Å². The Morgan fingerprint density at radius 2 is 1.76 bits per heavy atom. The number of aliphatic carboxylic acids is 1. The number of hydrogen-bond acceptors (Lipinski definition) is 5. The first-order chi connectivity index (χ1) is 13.6. The van der Waals surface area contributed by atoms with Gasteiger partial charge in [0.25, 0.3) is 5.91 Å². The van der Waals surface area contributed by atoms with E-state index in [4.69, 9.17) is 4.74 Å². The van der Waals surface area contributed by atoms with Gasteiger partial charge in [0.15, 0.2) is 0 Å². The molecule has 4 atom stereocenters. The minimum Gasteiger partial charge on any atom is -0.481 e. The number of anilines is 1. The van der Waals surface area contributed by atoms with Crippen LogP contribution in [-0.4, -0.2) is 40.5 Å². The Kier molecular flexibility index (Phi) is 5.43. The number of rotatable bonds is 5. The highest BCUT2D eigenvalue weighted by molar-refractivity contribution is 5.97. The van der Waals surface area contributed by atoms with Crippen LogP contribution in [0.2, 0.25) is 0 Å². The maximum atomic E-state index is 12.6. The second kappa shape index (κ2) is 7.67. The van der Waals surface area contributed by atoms with Gasteiger partial charge in [0, 0.05) is 17.2 Å². The molecule has 3 amide bonds. The summed E-state index contributed by atoms with van der Waals surface area (Å²) in [5.41, 5.74) is 4.37. The summed E-state index contributed by atoms with van der Waals surface area (Å²) in [5, 5.41) is 12.1. The van der Waals surface area contributed by atoms with E-state index in [1.807, 2.05) is 0 Å². The largest absolute Gasteiger partial charge is 0.481 e. The lowest BCUT2D eigenvalue weighted by atomic mass is 9.76. The third-order valence-electron chi connectivity index (χ3n) is 5.14. The highest BCUT2D eigenvalue weighted by Crippen LogP contribution is 2.46. The number of hydrogen-bond donors (Lipinski definition) is 4. The monoisotopic (exact) mass is 401 g/mol. The third kappa shape index (κ3) is 4.00. The van der Waals surface area contributed by atoms with E-state index in [0.717, 1.165) is 0 Å². The zero-order valence-corrected chi connectivity index (χ0v) is 16.3. The fourth-order valence-corrected chi connectivity index (χ4v) is 3.54. The van der Waals surface area contributed by atoms with Crippen molar-refractivity contribution in [3.8, 4) is 0 Å². The molecule has 9 nitrogen and oxygen atoms in total. The van der Waals surface area contributed by atoms with Gasteiger partial charge in [-0.2, -0.15) is 0 Å². The summed E-state index contributed by atoms with van der Waals surface area (Å²) in [7, 11) is 0. The molecule has 1 aromatic rings. The van der Waals surface area contributed by atoms with Crippen molar-refractivity contribution in [2.75, 3.05) is 5.32 Å². The number of nitrogens with one attached hydrogen (secondary N) is 3. The molecule has 2 aliphatic heterocycles. The van der Waals surface area contributed by atoms with Crippen LogP contribution < -0.4 is 16.2 Å². The number of carboxylic acids is 1. The van der Waals surface area contributed by atoms with E-state index in [1.54, 1.807) is 45.1 Å². The van der Waals surface area contributed by atoms with Crippen LogP contribution in [0.3, 0.4) is 0 Å². The fourth-order valence-electron chi connectivity index (χ4n) is 3.54. The molecule has 0 saturated carbocycles. The average Bonchev–Trinajstić information content (AvgIpc) is 3.19. The highest BCUT2D eigenvalue weighted by atomic mass is 16.5. The second-order valence-corrected chi connectivity index (χ2v) is 7.63. The molecule has 4 N–H and O–H groups in total. The summed E-state index contributed by atoms with van der Waals surface area (Å²) in [6.07, 6.45) is 2.64. The van der Waals surface area contributed by atoms with Crippen LogP contribution >= 0.6 is 0 Å². The van der Waals surface area contributed by atoms with E-state index in [9.17, 15) is 24.3 Å². The molecule has 2 heterocycles. The molecule has 0 aliphatic carbocycles. The normalized spacial score (nSPS) is 27.0. The lowest BCUT2D eigenvalue weighted by Crippen LogP contribution is -2.52. The molecule has 0 radical (unpaired) electrons. The third-order valence-corrected chi connectivity index (χ3v) is 5.14. The molecule has 0 spiro atoms. The zero-order valence-electron chi connectivity index (χ0n) is 16.3. The number of fused-ring (bicyclic) bond motifs is 2. The van der Waals surface area contributed by atoms with Gasteiger partial charge in [-0.1, -0.05) is 26.0 Å². The van der Waals surface area contributed by atoms with Crippen LogP contribution in [0, 0.1) is 17.8 Å². The Labute approximate surface area is 167 Å². The summed E-state index contributed by atoms with van der Waals surface area (Å²) < 4.78 is 5.62. The van der Waals surface area contributed by atoms with Crippen molar-refractivity contribution in [1.82, 2.24) is 10.9 Å². The standard InChI is InChI=1S/C20H23N3O6/c1-10(2)16(24)21-12-6-4-11(5-7-12)17(25)22-23-18(26)15-14(19(27)28)13-8-9-20(15,3)29-13/h4-10,13-15H,1-3H3,(H,21,24)(H,22,25)(H,23,26)(H,27,28)/t13-,14-,15-,20-/m1/s1. The second-order valence-electron chi connectivity index (χ2n) is 7.63. The van der Waals surface area contributed by atoms with Gasteiger partial charge in [0.05, 0.1) is 17.6 Å². The van der Waals surface area contributed by atoms with Crippen LogP contribution in [0.25, 0.3) is 0 Å². The Morgan fingerprint density at radius 1 is 1.10 bits per heavy atom. The number of hydrazine groups is 1. The summed E-state index contributed by atoms with van der Waals surface area (Å²) >= 11 is 0. The maximum Gasteiger partial charge on any atom is 0.310 e. The van der Waals surface area contributed by atoms with Gasteiger partial charge in [0.1, 0.15) is 5.92 Å². The lowest BCUT2D eigenvalue weighted by molar-refractivity contribution is -0.147. The highest BCUT2D eigenvalue weighted by Gasteiger charge is 2.59. The molecule has 9 heteroatoms. The first-order valence-corrected chi connectivity index (χ1v) is 9.23. The first kappa shape index (κ1) is 20.5. The molecular formula is C20H23N3O6. The maximum absolute atomic E-state index is 12.6. The van der Waals surface area contributed by atoms with Crippen LogP contribution in [-0.2, 0) is 19.1 Å². The Balaban J connectivity index is 1.60. The van der Waals surface area contributed by atoms with Gasteiger partial charge >= 0.3 is 5.97 Å². The topological polar surface area (TPSA) is 134 Å². The molecule has 29 heavy (non-hydrogen) atoms. The van der Waals surface area contributed by atoms with Gasteiger partial charge in [-0.25, -0.2) is 0 Å². The van der Waals surface area contributed by atoms with Gasteiger partial charge < -0.3 is 15.2 Å². The molecule has 0 aromatic heterocycles. The predicted molar refractivity (Wildman–Crippen MR) is 103 cm³/mol.